The molecule has 2 amide bonds. The van der Waals surface area contributed by atoms with Crippen LogP contribution < -0.4 is 5.32 Å². The number of amides is 2. The summed E-state index contributed by atoms with van der Waals surface area (Å²) in [6.45, 7) is 7.71. The molecule has 2 aromatic carbocycles. The zero-order chi connectivity index (χ0) is 29.6. The lowest BCUT2D eigenvalue weighted by Crippen LogP contribution is -2.51. The van der Waals surface area contributed by atoms with E-state index in [1.807, 2.05) is 27.7 Å². The van der Waals surface area contributed by atoms with Crippen molar-refractivity contribution < 1.29 is 28.6 Å². The van der Waals surface area contributed by atoms with Gasteiger partial charge in [-0.1, -0.05) is 63.2 Å². The van der Waals surface area contributed by atoms with E-state index in [1.165, 1.54) is 27.8 Å². The van der Waals surface area contributed by atoms with Crippen LogP contribution in [0.15, 0.2) is 48.7 Å². The van der Waals surface area contributed by atoms with Crippen LogP contribution in [0, 0.1) is 17.6 Å². The van der Waals surface area contributed by atoms with Gasteiger partial charge in [-0.25, -0.2) is 13.5 Å². The zero-order valence-electron chi connectivity index (χ0n) is 23.5. The van der Waals surface area contributed by atoms with Crippen molar-refractivity contribution in [3.8, 4) is 11.1 Å². The fraction of sp³-hybridized carbons (Fsp3) is 0.467. The molecular formula is C30H35F2N5O4. The van der Waals surface area contributed by atoms with E-state index < -0.39 is 47.4 Å². The number of carbonyl (C=O) groups is 2. The lowest BCUT2D eigenvalue weighted by Gasteiger charge is -2.31. The number of hydrogen-bond acceptors (Lipinski definition) is 6. The van der Waals surface area contributed by atoms with Crippen molar-refractivity contribution in [3.05, 3.63) is 71.6 Å². The average Bonchev–Trinajstić information content (AvgIpc) is 3.24. The van der Waals surface area contributed by atoms with Crippen LogP contribution in [-0.4, -0.2) is 66.7 Å². The van der Waals surface area contributed by atoms with Gasteiger partial charge in [-0.15, -0.1) is 5.10 Å². The van der Waals surface area contributed by atoms with Gasteiger partial charge in [0.1, 0.15) is 23.7 Å². The van der Waals surface area contributed by atoms with Gasteiger partial charge in [-0.3, -0.25) is 9.59 Å². The molecule has 2 unspecified atom stereocenters. The molecule has 11 heteroatoms. The molecule has 41 heavy (non-hydrogen) atoms. The first-order valence-corrected chi connectivity index (χ1v) is 13.9. The highest BCUT2D eigenvalue weighted by Crippen LogP contribution is 2.46. The van der Waals surface area contributed by atoms with Crippen LogP contribution in [0.3, 0.4) is 0 Å². The van der Waals surface area contributed by atoms with E-state index in [0.29, 0.717) is 11.1 Å². The van der Waals surface area contributed by atoms with Gasteiger partial charge < -0.3 is 20.4 Å². The molecule has 0 bridgehead atoms. The summed E-state index contributed by atoms with van der Waals surface area (Å²) in [5, 5.41) is 32.3. The van der Waals surface area contributed by atoms with Crippen LogP contribution in [0.5, 0.6) is 0 Å². The molecule has 5 atom stereocenters. The predicted molar refractivity (Wildman–Crippen MR) is 146 cm³/mol. The van der Waals surface area contributed by atoms with E-state index in [0.717, 1.165) is 5.69 Å². The van der Waals surface area contributed by atoms with E-state index in [4.69, 9.17) is 0 Å². The summed E-state index contributed by atoms with van der Waals surface area (Å²) >= 11 is 0. The molecule has 1 saturated heterocycles. The van der Waals surface area contributed by atoms with Gasteiger partial charge in [0.25, 0.3) is 0 Å². The molecule has 5 rings (SSSR count). The van der Waals surface area contributed by atoms with Crippen LogP contribution in [0.2, 0.25) is 0 Å². The molecule has 1 aliphatic carbocycles. The molecule has 2 heterocycles. The van der Waals surface area contributed by atoms with E-state index in [1.54, 1.807) is 30.5 Å². The number of β-amino-alcohol motifs (C(OH)–C–C–N with tert-alkyl or cyclic N) is 1. The third-order valence-corrected chi connectivity index (χ3v) is 8.08. The van der Waals surface area contributed by atoms with Gasteiger partial charge in [0.05, 0.1) is 29.0 Å². The molecule has 0 radical (unpaired) electrons. The molecule has 2 fully saturated rings. The molecule has 9 nitrogen and oxygen atoms in total. The SMILES string of the molecule is CC(C)c1cn([C@H](C(=O)N2C[C@H](O)C[C@H]2C(=O)NC2(c3ccc(-c4c(F)cccc4F)cc3)CC2O)C(C)C)nn1. The van der Waals surface area contributed by atoms with Crippen LogP contribution >= 0.6 is 0 Å². The number of aliphatic hydroxyl groups excluding tert-OH is 2. The van der Waals surface area contributed by atoms with Crippen LogP contribution in [0.4, 0.5) is 8.78 Å². The first kappa shape index (κ1) is 28.8. The van der Waals surface area contributed by atoms with Crippen LogP contribution in [-0.2, 0) is 15.1 Å². The first-order valence-electron chi connectivity index (χ1n) is 13.9. The van der Waals surface area contributed by atoms with Gasteiger partial charge in [-0.05, 0) is 35.1 Å². The maximum absolute atomic E-state index is 14.3. The number of halogens is 2. The molecule has 2 aliphatic rings. The highest BCUT2D eigenvalue weighted by atomic mass is 19.1. The second-order valence-corrected chi connectivity index (χ2v) is 11.7. The van der Waals surface area contributed by atoms with E-state index >= 15 is 0 Å². The summed E-state index contributed by atoms with van der Waals surface area (Å²) < 4.78 is 30.1. The minimum Gasteiger partial charge on any atom is -0.391 e. The number of likely N-dealkylation sites (tertiary alicyclic amines) is 1. The number of aromatic nitrogens is 3. The number of rotatable bonds is 8. The Bertz CT molecular complexity index is 1420. The van der Waals surface area contributed by atoms with Gasteiger partial charge in [0.15, 0.2) is 0 Å². The molecule has 1 aliphatic heterocycles. The van der Waals surface area contributed by atoms with Gasteiger partial charge in [0, 0.05) is 25.6 Å². The van der Waals surface area contributed by atoms with Gasteiger partial charge in [-0.2, -0.15) is 0 Å². The molecule has 218 valence electrons. The Kier molecular flexibility index (Phi) is 7.69. The summed E-state index contributed by atoms with van der Waals surface area (Å²) in [6, 6.07) is 8.30. The quantitative estimate of drug-likeness (QED) is 0.384. The third-order valence-electron chi connectivity index (χ3n) is 8.08. The van der Waals surface area contributed by atoms with Crippen LogP contribution in [0.25, 0.3) is 11.1 Å². The summed E-state index contributed by atoms with van der Waals surface area (Å²) in [5.74, 6) is -2.27. The Balaban J connectivity index is 1.36. The fourth-order valence-electron chi connectivity index (χ4n) is 5.64. The number of benzene rings is 2. The van der Waals surface area contributed by atoms with Crippen molar-refractivity contribution >= 4 is 11.8 Å². The second-order valence-electron chi connectivity index (χ2n) is 11.7. The average molecular weight is 568 g/mol. The van der Waals surface area contributed by atoms with Crippen molar-refractivity contribution in [1.82, 2.24) is 25.2 Å². The predicted octanol–water partition coefficient (Wildman–Crippen LogP) is 3.28. The lowest BCUT2D eigenvalue weighted by atomic mass is 9.98. The number of carbonyl (C=O) groups excluding carboxylic acids is 2. The second kappa shape index (κ2) is 10.9. The molecule has 3 aromatic rings. The van der Waals surface area contributed by atoms with Gasteiger partial charge in [0.2, 0.25) is 11.8 Å². The number of aliphatic hydroxyl groups is 2. The third kappa shape index (κ3) is 5.36. The zero-order valence-corrected chi connectivity index (χ0v) is 23.5. The molecule has 1 saturated carbocycles. The summed E-state index contributed by atoms with van der Waals surface area (Å²) in [5.41, 5.74) is 0.369. The van der Waals surface area contributed by atoms with Crippen molar-refractivity contribution in [3.63, 3.8) is 0 Å². The van der Waals surface area contributed by atoms with E-state index in [-0.39, 0.29) is 42.7 Å². The minimum atomic E-state index is -1.11. The highest BCUT2D eigenvalue weighted by Gasteiger charge is 2.57. The largest absolute Gasteiger partial charge is 0.391 e. The molecule has 0 spiro atoms. The number of nitrogens with one attached hydrogen (secondary N) is 1. The Labute approximate surface area is 237 Å². The Hall–Kier alpha value is -3.70. The fourth-order valence-corrected chi connectivity index (χ4v) is 5.64. The maximum Gasteiger partial charge on any atom is 0.248 e. The smallest absolute Gasteiger partial charge is 0.248 e. The Morgan fingerprint density at radius 1 is 1.05 bits per heavy atom. The monoisotopic (exact) mass is 567 g/mol. The number of hydrogen-bond donors (Lipinski definition) is 3. The van der Waals surface area contributed by atoms with Crippen LogP contribution in [0.1, 0.15) is 63.8 Å². The Morgan fingerprint density at radius 2 is 1.68 bits per heavy atom. The lowest BCUT2D eigenvalue weighted by molar-refractivity contribution is -0.143. The van der Waals surface area contributed by atoms with E-state index in [2.05, 4.69) is 15.6 Å². The number of nitrogens with zero attached hydrogens (tertiary/aromatic N) is 4. The molecule has 3 N–H and O–H groups in total. The maximum atomic E-state index is 14.3. The highest BCUT2D eigenvalue weighted by molar-refractivity contribution is 5.90. The normalized spacial score (nSPS) is 24.6. The molecule has 1 aromatic heterocycles. The summed E-state index contributed by atoms with van der Waals surface area (Å²) in [4.78, 5) is 28.8. The van der Waals surface area contributed by atoms with E-state index in [9.17, 15) is 28.6 Å². The minimum absolute atomic E-state index is 0.00959. The van der Waals surface area contributed by atoms with Gasteiger partial charge >= 0.3 is 0 Å². The van der Waals surface area contributed by atoms with Crippen molar-refractivity contribution in [2.75, 3.05) is 6.54 Å². The Morgan fingerprint density at radius 3 is 2.22 bits per heavy atom. The summed E-state index contributed by atoms with van der Waals surface area (Å²) in [6.07, 6.45) is 0.252. The first-order chi connectivity index (χ1) is 19.4. The summed E-state index contributed by atoms with van der Waals surface area (Å²) in [7, 11) is 0. The van der Waals surface area contributed by atoms with Crippen molar-refractivity contribution in [1.29, 1.82) is 0 Å². The van der Waals surface area contributed by atoms with Crippen molar-refractivity contribution in [2.45, 2.75) is 76.3 Å². The molecular weight excluding hydrogens is 532 g/mol. The standard InChI is InChI=1S/C30H35F2N5O4/c1-16(2)23-15-37(35-34-23)27(17(3)4)29(41)36-14-20(38)12-24(36)28(40)33-30(13-25(30)39)19-10-8-18(9-11-19)26-21(31)6-5-7-22(26)32/h5-11,15-17,20,24-25,27,38-39H,12-14H2,1-4H3,(H,33,40)/t20-,24+,25?,27+,30?/m1/s1. The topological polar surface area (TPSA) is 121 Å². The van der Waals surface area contributed by atoms with Crippen molar-refractivity contribution in [2.24, 2.45) is 5.92 Å².